The lowest BCUT2D eigenvalue weighted by Gasteiger charge is -2.21. The van der Waals surface area contributed by atoms with E-state index < -0.39 is 26.2 Å². The monoisotopic (exact) mass is 295 g/mol. The van der Waals surface area contributed by atoms with E-state index in [4.69, 9.17) is 16.7 Å². The molecule has 2 N–H and O–H groups in total. The Morgan fingerprint density at radius 1 is 1.44 bits per heavy atom. The van der Waals surface area contributed by atoms with Crippen LogP contribution in [0.3, 0.4) is 0 Å². The summed E-state index contributed by atoms with van der Waals surface area (Å²) in [4.78, 5) is -0.497. The smallest absolute Gasteiger partial charge is 0.243 e. The summed E-state index contributed by atoms with van der Waals surface area (Å²) in [5.41, 5.74) is -0.623. The van der Waals surface area contributed by atoms with Gasteiger partial charge in [-0.05, 0) is 12.1 Å². The van der Waals surface area contributed by atoms with Gasteiger partial charge in [0, 0.05) is 18.6 Å². The van der Waals surface area contributed by atoms with Gasteiger partial charge in [0.1, 0.15) is 4.90 Å². The number of hydrogen-bond donors (Lipinski definition) is 2. The Labute approximate surface area is 111 Å². The molecule has 0 aromatic heterocycles. The van der Waals surface area contributed by atoms with Crippen molar-refractivity contribution in [3.63, 3.8) is 0 Å². The van der Waals surface area contributed by atoms with Crippen LogP contribution in [-0.2, 0) is 10.0 Å². The van der Waals surface area contributed by atoms with E-state index in [0.717, 1.165) is 6.07 Å². The average molecular weight is 296 g/mol. The van der Waals surface area contributed by atoms with Crippen LogP contribution >= 0.6 is 11.6 Å². The van der Waals surface area contributed by atoms with Gasteiger partial charge in [0.25, 0.3) is 0 Å². The number of halogens is 2. The van der Waals surface area contributed by atoms with Crippen LogP contribution in [0.5, 0.6) is 0 Å². The van der Waals surface area contributed by atoms with Gasteiger partial charge in [0.15, 0.2) is 5.82 Å². The molecule has 0 radical (unpaired) electrons. The van der Waals surface area contributed by atoms with Crippen molar-refractivity contribution in [2.75, 3.05) is 13.2 Å². The van der Waals surface area contributed by atoms with Crippen LogP contribution < -0.4 is 4.72 Å². The van der Waals surface area contributed by atoms with E-state index in [-0.39, 0.29) is 18.2 Å². The molecule has 0 aliphatic carbocycles. The summed E-state index contributed by atoms with van der Waals surface area (Å²) in [6, 6.07) is 3.76. The van der Waals surface area contributed by atoms with Crippen LogP contribution in [0.15, 0.2) is 23.1 Å². The van der Waals surface area contributed by atoms with E-state index in [1.54, 1.807) is 13.8 Å². The number of benzene rings is 1. The van der Waals surface area contributed by atoms with Crippen molar-refractivity contribution >= 4 is 21.6 Å². The van der Waals surface area contributed by atoms with E-state index in [1.165, 1.54) is 12.1 Å². The first kappa shape index (κ1) is 15.4. The quantitative estimate of drug-likeness (QED) is 0.870. The molecule has 1 aromatic rings. The van der Waals surface area contributed by atoms with Crippen LogP contribution in [0.2, 0.25) is 5.02 Å². The third-order valence-electron chi connectivity index (χ3n) is 2.37. The number of rotatable bonds is 5. The molecule has 0 amide bonds. The summed E-state index contributed by atoms with van der Waals surface area (Å²) in [5, 5.41) is 8.78. The molecular weight excluding hydrogens is 281 g/mol. The second-order valence-electron chi connectivity index (χ2n) is 4.70. The first-order valence-corrected chi connectivity index (χ1v) is 7.10. The summed E-state index contributed by atoms with van der Waals surface area (Å²) in [7, 11) is -3.98. The Morgan fingerprint density at radius 3 is 2.61 bits per heavy atom. The lowest BCUT2D eigenvalue weighted by molar-refractivity contribution is 0.163. The molecule has 0 unspecified atom stereocenters. The minimum Gasteiger partial charge on any atom is -0.396 e. The van der Waals surface area contributed by atoms with E-state index >= 15 is 0 Å². The second-order valence-corrected chi connectivity index (χ2v) is 6.84. The molecule has 0 aliphatic rings. The van der Waals surface area contributed by atoms with Crippen molar-refractivity contribution in [1.82, 2.24) is 4.72 Å². The minimum atomic E-state index is -3.98. The van der Waals surface area contributed by atoms with Crippen molar-refractivity contribution in [2.45, 2.75) is 18.7 Å². The van der Waals surface area contributed by atoms with Crippen LogP contribution in [0, 0.1) is 11.2 Å². The molecule has 4 nitrogen and oxygen atoms in total. The summed E-state index contributed by atoms with van der Waals surface area (Å²) in [5.74, 6) is -0.978. The predicted octanol–water partition coefficient (Wildman–Crippen LogP) is 1.78. The molecule has 18 heavy (non-hydrogen) atoms. The minimum absolute atomic E-state index is 0.00220. The maximum absolute atomic E-state index is 13.6. The Balaban J connectivity index is 2.98. The molecule has 0 bridgehead atoms. The fraction of sp³-hybridized carbons (Fsp3) is 0.455. The molecule has 0 fully saturated rings. The van der Waals surface area contributed by atoms with Crippen molar-refractivity contribution < 1.29 is 17.9 Å². The molecule has 7 heteroatoms. The molecule has 0 atom stereocenters. The fourth-order valence-corrected chi connectivity index (χ4v) is 2.69. The Morgan fingerprint density at radius 2 is 2.06 bits per heavy atom. The highest BCUT2D eigenvalue weighted by Gasteiger charge is 2.24. The SMILES string of the molecule is CC(C)(CO)CNS(=O)(=O)c1cccc(Cl)c1F. The lowest BCUT2D eigenvalue weighted by atomic mass is 9.96. The normalized spacial score (nSPS) is 12.7. The predicted molar refractivity (Wildman–Crippen MR) is 67.5 cm³/mol. The Hall–Kier alpha value is -0.690. The van der Waals surface area contributed by atoms with E-state index in [1.807, 2.05) is 0 Å². The van der Waals surface area contributed by atoms with Crippen LogP contribution in [0.1, 0.15) is 13.8 Å². The summed E-state index contributed by atoms with van der Waals surface area (Å²) < 4.78 is 39.6. The molecule has 0 heterocycles. The maximum Gasteiger partial charge on any atom is 0.243 e. The van der Waals surface area contributed by atoms with Crippen molar-refractivity contribution in [3.05, 3.63) is 29.0 Å². The van der Waals surface area contributed by atoms with Gasteiger partial charge in [-0.15, -0.1) is 0 Å². The number of nitrogens with one attached hydrogen (secondary N) is 1. The van der Waals surface area contributed by atoms with E-state index in [9.17, 15) is 12.8 Å². The summed E-state index contributed by atoms with van der Waals surface area (Å²) in [6.45, 7) is 3.18. The number of aliphatic hydroxyl groups excluding tert-OH is 1. The number of aliphatic hydroxyl groups is 1. The zero-order valence-corrected chi connectivity index (χ0v) is 11.6. The van der Waals surface area contributed by atoms with Crippen LogP contribution in [0.25, 0.3) is 0 Å². The van der Waals surface area contributed by atoms with Gasteiger partial charge in [-0.25, -0.2) is 17.5 Å². The molecule has 102 valence electrons. The van der Waals surface area contributed by atoms with Crippen LogP contribution in [0.4, 0.5) is 4.39 Å². The van der Waals surface area contributed by atoms with Crippen molar-refractivity contribution in [2.24, 2.45) is 5.41 Å². The molecule has 1 aromatic carbocycles. The zero-order valence-electron chi connectivity index (χ0n) is 10.1. The maximum atomic E-state index is 13.6. The van der Waals surface area contributed by atoms with Crippen molar-refractivity contribution in [1.29, 1.82) is 0 Å². The molecule has 0 aliphatic heterocycles. The van der Waals surface area contributed by atoms with Gasteiger partial charge >= 0.3 is 0 Å². The number of sulfonamides is 1. The van der Waals surface area contributed by atoms with Crippen LogP contribution in [-0.4, -0.2) is 26.7 Å². The second kappa shape index (κ2) is 5.52. The lowest BCUT2D eigenvalue weighted by Crippen LogP contribution is -2.36. The average Bonchev–Trinajstić information content (AvgIpc) is 2.30. The first-order valence-electron chi connectivity index (χ1n) is 5.24. The highest BCUT2D eigenvalue weighted by atomic mass is 35.5. The van der Waals surface area contributed by atoms with Gasteiger partial charge in [-0.1, -0.05) is 31.5 Å². The third-order valence-corrected chi connectivity index (χ3v) is 4.09. The molecule has 0 saturated carbocycles. The first-order chi connectivity index (χ1) is 8.19. The summed E-state index contributed by atoms with van der Waals surface area (Å²) >= 11 is 5.53. The van der Waals surface area contributed by atoms with E-state index in [2.05, 4.69) is 4.72 Å². The van der Waals surface area contributed by atoms with Gasteiger partial charge in [0.05, 0.1) is 5.02 Å². The largest absolute Gasteiger partial charge is 0.396 e. The topological polar surface area (TPSA) is 66.4 Å². The van der Waals surface area contributed by atoms with Gasteiger partial charge in [-0.3, -0.25) is 0 Å². The highest BCUT2D eigenvalue weighted by molar-refractivity contribution is 7.89. The standard InChI is InChI=1S/C11H15ClFNO3S/c1-11(2,7-15)6-14-18(16,17)9-5-3-4-8(12)10(9)13/h3-5,14-15H,6-7H2,1-2H3. The van der Waals surface area contributed by atoms with Gasteiger partial charge in [-0.2, -0.15) is 0 Å². The Bertz CT molecular complexity index is 531. The molecule has 1 rings (SSSR count). The van der Waals surface area contributed by atoms with Gasteiger partial charge < -0.3 is 5.11 Å². The van der Waals surface area contributed by atoms with Crippen molar-refractivity contribution in [3.8, 4) is 0 Å². The number of hydrogen-bond acceptors (Lipinski definition) is 3. The zero-order chi connectivity index (χ0) is 14.0. The fourth-order valence-electron chi connectivity index (χ4n) is 1.12. The van der Waals surface area contributed by atoms with Gasteiger partial charge in [0.2, 0.25) is 10.0 Å². The molecular formula is C11H15ClFNO3S. The summed E-state index contributed by atoms with van der Waals surface area (Å²) in [6.07, 6.45) is 0. The van der Waals surface area contributed by atoms with E-state index in [0.29, 0.717) is 0 Å². The Kier molecular flexibility index (Phi) is 4.72. The molecule has 0 spiro atoms. The third kappa shape index (κ3) is 3.65. The molecule has 0 saturated heterocycles. The highest BCUT2D eigenvalue weighted by Crippen LogP contribution is 2.22.